The van der Waals surface area contributed by atoms with E-state index in [0.29, 0.717) is 6.42 Å². The van der Waals surface area contributed by atoms with Gasteiger partial charge in [-0.3, -0.25) is 0 Å². The molecule has 0 bridgehead atoms. The number of hydrogen-bond acceptors (Lipinski definition) is 1. The van der Waals surface area contributed by atoms with Gasteiger partial charge >= 0.3 is 0 Å². The lowest BCUT2D eigenvalue weighted by molar-refractivity contribution is 0.0664. The van der Waals surface area contributed by atoms with Crippen LogP contribution in [0.2, 0.25) is 0 Å². The molecule has 2 aliphatic rings. The molecule has 0 amide bonds. The molecule has 0 radical (unpaired) electrons. The van der Waals surface area contributed by atoms with E-state index in [2.05, 4.69) is 5.32 Å². The van der Waals surface area contributed by atoms with Gasteiger partial charge < -0.3 is 5.32 Å². The van der Waals surface area contributed by atoms with Gasteiger partial charge in [-0.1, -0.05) is 6.92 Å². The van der Waals surface area contributed by atoms with Crippen molar-refractivity contribution in [1.29, 1.82) is 0 Å². The first kappa shape index (κ1) is 7.47. The van der Waals surface area contributed by atoms with Crippen LogP contribution in [0.1, 0.15) is 13.3 Å². The minimum Gasteiger partial charge on any atom is -0.316 e. The summed E-state index contributed by atoms with van der Waals surface area (Å²) in [5, 5.41) is 3.03. The third-order valence-corrected chi connectivity index (χ3v) is 3.02. The van der Waals surface area contributed by atoms with E-state index in [1.54, 1.807) is 0 Å². The van der Waals surface area contributed by atoms with Crippen LogP contribution in [0, 0.1) is 17.8 Å². The zero-order valence-electron chi connectivity index (χ0n) is 6.61. The predicted octanol–water partition coefficient (Wildman–Crippen LogP) is 1.50. The number of rotatable bonds is 2. The van der Waals surface area contributed by atoms with Crippen molar-refractivity contribution in [2.45, 2.75) is 19.3 Å². The zero-order valence-corrected chi connectivity index (χ0v) is 6.61. The molecule has 2 unspecified atom stereocenters. The van der Waals surface area contributed by atoms with Gasteiger partial charge in [0.05, 0.1) is 0 Å². The fraction of sp³-hybridized carbons (Fsp3) is 1.00. The van der Waals surface area contributed by atoms with Gasteiger partial charge in [0.1, 0.15) is 0 Å². The van der Waals surface area contributed by atoms with Gasteiger partial charge in [0.25, 0.3) is 5.92 Å². The average Bonchev–Trinajstić information content (AvgIpc) is 2.31. The number of alkyl halides is 2. The Morgan fingerprint density at radius 3 is 2.36 bits per heavy atom. The highest BCUT2D eigenvalue weighted by Crippen LogP contribution is 2.60. The summed E-state index contributed by atoms with van der Waals surface area (Å²) in [6.07, 6.45) is 0.633. The number of nitrogens with one attached hydrogen (secondary N) is 1. The SMILES string of the molecule is CCC1C(C2CNC2)C1(F)F. The number of hydrogen-bond donors (Lipinski definition) is 1. The lowest BCUT2D eigenvalue weighted by Gasteiger charge is -2.27. The Balaban J connectivity index is 1.96. The Morgan fingerprint density at radius 1 is 1.45 bits per heavy atom. The molecule has 11 heavy (non-hydrogen) atoms. The minimum atomic E-state index is -2.33. The van der Waals surface area contributed by atoms with Crippen molar-refractivity contribution in [2.75, 3.05) is 13.1 Å². The molecule has 2 fully saturated rings. The second-order valence-electron chi connectivity index (χ2n) is 3.63. The maximum Gasteiger partial charge on any atom is 0.255 e. The summed E-state index contributed by atoms with van der Waals surface area (Å²) in [5.74, 6) is -2.68. The molecule has 0 aromatic rings. The third kappa shape index (κ3) is 0.901. The van der Waals surface area contributed by atoms with Crippen LogP contribution in [0.25, 0.3) is 0 Å². The molecule has 0 spiro atoms. The molecule has 1 N–H and O–H groups in total. The fourth-order valence-corrected chi connectivity index (χ4v) is 2.15. The lowest BCUT2D eigenvalue weighted by atomic mass is 9.95. The van der Waals surface area contributed by atoms with Crippen molar-refractivity contribution in [1.82, 2.24) is 5.32 Å². The standard InChI is InChI=1S/C8H13F2N/c1-2-6-7(8(6,9)10)5-3-11-4-5/h5-7,11H,2-4H2,1H3. The van der Waals surface area contributed by atoms with Crippen molar-refractivity contribution >= 4 is 0 Å². The van der Waals surface area contributed by atoms with Gasteiger partial charge in [-0.15, -0.1) is 0 Å². The van der Waals surface area contributed by atoms with Crippen LogP contribution in [-0.2, 0) is 0 Å². The normalized spacial score (nSPS) is 41.7. The first-order valence-corrected chi connectivity index (χ1v) is 4.26. The summed E-state index contributed by atoms with van der Waals surface area (Å²) in [5.41, 5.74) is 0. The summed E-state index contributed by atoms with van der Waals surface area (Å²) < 4.78 is 25.8. The Morgan fingerprint density at radius 2 is 2.09 bits per heavy atom. The monoisotopic (exact) mass is 161 g/mol. The van der Waals surface area contributed by atoms with E-state index in [1.807, 2.05) is 6.92 Å². The minimum absolute atomic E-state index is 0.259. The first-order valence-electron chi connectivity index (χ1n) is 4.26. The van der Waals surface area contributed by atoms with Gasteiger partial charge in [-0.05, 0) is 25.4 Å². The fourth-order valence-electron chi connectivity index (χ4n) is 2.15. The van der Waals surface area contributed by atoms with Crippen molar-refractivity contribution in [3.8, 4) is 0 Å². The Kier molecular flexibility index (Phi) is 1.46. The van der Waals surface area contributed by atoms with Crippen molar-refractivity contribution < 1.29 is 8.78 Å². The largest absolute Gasteiger partial charge is 0.316 e. The van der Waals surface area contributed by atoms with Crippen LogP contribution >= 0.6 is 0 Å². The van der Waals surface area contributed by atoms with Crippen molar-refractivity contribution in [3.05, 3.63) is 0 Å². The quantitative estimate of drug-likeness (QED) is 0.647. The first-order chi connectivity index (χ1) is 5.18. The smallest absolute Gasteiger partial charge is 0.255 e. The average molecular weight is 161 g/mol. The molecule has 2 rings (SSSR count). The van der Waals surface area contributed by atoms with Crippen LogP contribution in [0.5, 0.6) is 0 Å². The molecule has 3 heteroatoms. The van der Waals surface area contributed by atoms with Gasteiger partial charge in [-0.25, -0.2) is 8.78 Å². The molecular weight excluding hydrogens is 148 g/mol. The van der Waals surface area contributed by atoms with Crippen LogP contribution < -0.4 is 5.32 Å². The van der Waals surface area contributed by atoms with E-state index in [9.17, 15) is 8.78 Å². The Bertz CT molecular complexity index is 165. The second-order valence-corrected chi connectivity index (χ2v) is 3.63. The molecule has 1 saturated heterocycles. The van der Waals surface area contributed by atoms with E-state index in [-0.39, 0.29) is 17.8 Å². The van der Waals surface area contributed by atoms with Crippen molar-refractivity contribution in [2.24, 2.45) is 17.8 Å². The third-order valence-electron chi connectivity index (χ3n) is 3.02. The molecule has 64 valence electrons. The molecule has 0 aromatic heterocycles. The highest BCUT2D eigenvalue weighted by atomic mass is 19.3. The summed E-state index contributed by atoms with van der Waals surface area (Å²) in [6, 6.07) is 0. The van der Waals surface area contributed by atoms with Gasteiger partial charge in [-0.2, -0.15) is 0 Å². The predicted molar refractivity (Wildman–Crippen MR) is 38.6 cm³/mol. The van der Waals surface area contributed by atoms with E-state index in [1.165, 1.54) is 0 Å². The van der Waals surface area contributed by atoms with Crippen LogP contribution in [0.3, 0.4) is 0 Å². The van der Waals surface area contributed by atoms with Gasteiger partial charge in [0, 0.05) is 11.8 Å². The van der Waals surface area contributed by atoms with Crippen LogP contribution in [0.4, 0.5) is 8.78 Å². The Labute approximate surface area is 65.2 Å². The van der Waals surface area contributed by atoms with E-state index < -0.39 is 5.92 Å². The van der Waals surface area contributed by atoms with E-state index in [0.717, 1.165) is 13.1 Å². The number of halogens is 2. The topological polar surface area (TPSA) is 12.0 Å². The zero-order chi connectivity index (χ0) is 8.06. The Hall–Kier alpha value is -0.180. The molecule has 1 nitrogen and oxygen atoms in total. The maximum absolute atomic E-state index is 12.9. The van der Waals surface area contributed by atoms with Crippen molar-refractivity contribution in [3.63, 3.8) is 0 Å². The highest BCUT2D eigenvalue weighted by molar-refractivity contribution is 5.09. The summed E-state index contributed by atoms with van der Waals surface area (Å²) in [7, 11) is 0. The lowest BCUT2D eigenvalue weighted by Crippen LogP contribution is -2.44. The molecule has 1 heterocycles. The molecule has 1 saturated carbocycles. The second kappa shape index (κ2) is 2.16. The van der Waals surface area contributed by atoms with Crippen LogP contribution in [0.15, 0.2) is 0 Å². The molecule has 1 aliphatic carbocycles. The molecular formula is C8H13F2N. The molecule has 2 atom stereocenters. The van der Waals surface area contributed by atoms with E-state index >= 15 is 0 Å². The summed E-state index contributed by atoms with van der Waals surface area (Å²) in [6.45, 7) is 3.46. The van der Waals surface area contributed by atoms with Gasteiger partial charge in [0.2, 0.25) is 0 Å². The van der Waals surface area contributed by atoms with Crippen LogP contribution in [-0.4, -0.2) is 19.0 Å². The maximum atomic E-state index is 12.9. The highest BCUT2D eigenvalue weighted by Gasteiger charge is 2.69. The molecule has 1 aliphatic heterocycles. The summed E-state index contributed by atoms with van der Waals surface area (Å²) in [4.78, 5) is 0. The summed E-state index contributed by atoms with van der Waals surface area (Å²) >= 11 is 0. The molecule has 0 aromatic carbocycles. The van der Waals surface area contributed by atoms with E-state index in [4.69, 9.17) is 0 Å². The van der Waals surface area contributed by atoms with Gasteiger partial charge in [0.15, 0.2) is 0 Å².